The van der Waals surface area contributed by atoms with Crippen LogP contribution < -0.4 is 21.7 Å². The molecule has 0 saturated carbocycles. The Kier molecular flexibility index (Phi) is 13.6. The highest BCUT2D eigenvalue weighted by Crippen LogP contribution is 2.05. The minimum absolute atomic E-state index is 0.0641. The van der Waals surface area contributed by atoms with Crippen molar-refractivity contribution in [3.05, 3.63) is 0 Å². The zero-order chi connectivity index (χ0) is 24.8. The van der Waals surface area contributed by atoms with E-state index in [0.29, 0.717) is 5.75 Å². The van der Waals surface area contributed by atoms with Crippen LogP contribution in [-0.4, -0.2) is 98.8 Å². The summed E-state index contributed by atoms with van der Waals surface area (Å²) in [5.74, 6) is -6.56. The quantitative estimate of drug-likeness (QED) is 0.110. The Bertz CT molecular complexity index is 705. The maximum atomic E-state index is 12.5. The number of aliphatic hydroxyl groups excluding tert-OH is 1. The van der Waals surface area contributed by atoms with Gasteiger partial charge in [-0.3, -0.25) is 24.0 Å². The van der Waals surface area contributed by atoms with Gasteiger partial charge >= 0.3 is 17.9 Å². The number of thioether (sulfide) groups is 1. The Balaban J connectivity index is 5.23. The molecule has 0 aromatic rings. The molecule has 0 aliphatic heterocycles. The molecule has 9 N–H and O–H groups in total. The summed E-state index contributed by atoms with van der Waals surface area (Å²) in [6, 6.07) is -5.78. The van der Waals surface area contributed by atoms with E-state index in [1.807, 2.05) is 0 Å². The molecule has 0 aromatic carbocycles. The standard InChI is InChI=1S/C17H28N4O10S/c1-32-5-4-9(15(28)20-10(17(30)31)2-3-12(23)24)19-16(29)11(7-22)21-14(27)8(18)6-13(25)26/h8-11,22H,2-7,18H2,1H3,(H,19,29)(H,20,28)(H,21,27)(H,23,24)(H,25,26)(H,30,31). The number of aliphatic carboxylic acids is 3. The maximum Gasteiger partial charge on any atom is 0.326 e. The number of rotatable bonds is 16. The molecule has 32 heavy (non-hydrogen) atoms. The fourth-order valence-electron chi connectivity index (χ4n) is 2.33. The van der Waals surface area contributed by atoms with E-state index in [-0.39, 0.29) is 12.8 Å². The van der Waals surface area contributed by atoms with Gasteiger partial charge in [-0.2, -0.15) is 11.8 Å². The van der Waals surface area contributed by atoms with Crippen LogP contribution in [0.25, 0.3) is 0 Å². The van der Waals surface area contributed by atoms with E-state index in [2.05, 4.69) is 16.0 Å². The third-order valence-corrected chi connectivity index (χ3v) is 4.70. The van der Waals surface area contributed by atoms with Crippen molar-refractivity contribution >= 4 is 47.4 Å². The first-order valence-corrected chi connectivity index (χ1v) is 10.7. The van der Waals surface area contributed by atoms with E-state index in [0.717, 1.165) is 0 Å². The number of amides is 3. The summed E-state index contributed by atoms with van der Waals surface area (Å²) in [6.45, 7) is -0.884. The second-order valence-corrected chi connectivity index (χ2v) is 7.61. The largest absolute Gasteiger partial charge is 0.481 e. The summed E-state index contributed by atoms with van der Waals surface area (Å²) in [6.07, 6.45) is 0.195. The Morgan fingerprint density at radius 3 is 1.81 bits per heavy atom. The first-order chi connectivity index (χ1) is 14.9. The molecule has 0 bridgehead atoms. The number of hydrogen-bond acceptors (Lipinski definition) is 9. The van der Waals surface area contributed by atoms with Gasteiger partial charge in [0.05, 0.1) is 19.1 Å². The molecule has 0 spiro atoms. The monoisotopic (exact) mass is 480 g/mol. The topological polar surface area (TPSA) is 245 Å². The Labute approximate surface area is 187 Å². The molecule has 15 heteroatoms. The van der Waals surface area contributed by atoms with Crippen LogP contribution in [0.15, 0.2) is 0 Å². The molecule has 0 aliphatic rings. The van der Waals surface area contributed by atoms with Crippen molar-refractivity contribution in [2.75, 3.05) is 18.6 Å². The third kappa shape index (κ3) is 11.5. The first kappa shape index (κ1) is 29.1. The highest BCUT2D eigenvalue weighted by molar-refractivity contribution is 7.98. The summed E-state index contributed by atoms with van der Waals surface area (Å²) in [7, 11) is 0. The normalized spacial score (nSPS) is 14.3. The van der Waals surface area contributed by atoms with Crippen molar-refractivity contribution in [2.45, 2.75) is 49.9 Å². The second kappa shape index (κ2) is 15.0. The minimum Gasteiger partial charge on any atom is -0.481 e. The minimum atomic E-state index is -1.55. The zero-order valence-corrected chi connectivity index (χ0v) is 18.1. The third-order valence-electron chi connectivity index (χ3n) is 4.05. The number of carboxylic acid groups (broad SMARTS) is 3. The van der Waals surface area contributed by atoms with Gasteiger partial charge in [0.15, 0.2) is 0 Å². The van der Waals surface area contributed by atoms with Crippen molar-refractivity contribution in [2.24, 2.45) is 5.73 Å². The van der Waals surface area contributed by atoms with Gasteiger partial charge in [0.25, 0.3) is 0 Å². The van der Waals surface area contributed by atoms with Gasteiger partial charge in [0, 0.05) is 6.42 Å². The van der Waals surface area contributed by atoms with Crippen LogP contribution in [0.3, 0.4) is 0 Å². The summed E-state index contributed by atoms with van der Waals surface area (Å²) in [4.78, 5) is 69.5. The summed E-state index contributed by atoms with van der Waals surface area (Å²) in [5, 5.41) is 42.5. The molecule has 0 rings (SSSR count). The highest BCUT2D eigenvalue weighted by atomic mass is 32.2. The predicted molar refractivity (Wildman–Crippen MR) is 111 cm³/mol. The molecule has 3 amide bonds. The van der Waals surface area contributed by atoms with Crippen LogP contribution in [-0.2, 0) is 28.8 Å². The summed E-state index contributed by atoms with van der Waals surface area (Å²) in [5.41, 5.74) is 5.40. The lowest BCUT2D eigenvalue weighted by molar-refractivity contribution is -0.143. The van der Waals surface area contributed by atoms with Crippen LogP contribution in [0.2, 0.25) is 0 Å². The van der Waals surface area contributed by atoms with Crippen LogP contribution in [0.1, 0.15) is 25.7 Å². The van der Waals surface area contributed by atoms with Gasteiger partial charge in [-0.25, -0.2) is 4.79 Å². The fourth-order valence-corrected chi connectivity index (χ4v) is 2.80. The Morgan fingerprint density at radius 1 is 0.812 bits per heavy atom. The van der Waals surface area contributed by atoms with Crippen molar-refractivity contribution < 1.29 is 49.2 Å². The first-order valence-electron chi connectivity index (χ1n) is 9.35. The zero-order valence-electron chi connectivity index (χ0n) is 17.3. The molecule has 0 fully saturated rings. The molecule has 0 radical (unpaired) electrons. The van der Waals surface area contributed by atoms with Crippen LogP contribution >= 0.6 is 11.8 Å². The van der Waals surface area contributed by atoms with E-state index in [9.17, 15) is 39.0 Å². The van der Waals surface area contributed by atoms with E-state index in [4.69, 9.17) is 15.9 Å². The van der Waals surface area contributed by atoms with Crippen LogP contribution in [0.4, 0.5) is 0 Å². The van der Waals surface area contributed by atoms with Gasteiger partial charge in [0.1, 0.15) is 18.1 Å². The summed E-state index contributed by atoms with van der Waals surface area (Å²) >= 11 is 1.33. The number of hydrogen-bond donors (Lipinski definition) is 8. The molecule has 4 unspecified atom stereocenters. The van der Waals surface area contributed by atoms with Gasteiger partial charge < -0.3 is 42.1 Å². The van der Waals surface area contributed by atoms with Gasteiger partial charge in [-0.05, 0) is 24.9 Å². The molecule has 14 nitrogen and oxygen atoms in total. The van der Waals surface area contributed by atoms with Crippen molar-refractivity contribution in [1.82, 2.24) is 16.0 Å². The van der Waals surface area contributed by atoms with Gasteiger partial charge in [-0.1, -0.05) is 0 Å². The van der Waals surface area contributed by atoms with Crippen molar-refractivity contribution in [3.8, 4) is 0 Å². The smallest absolute Gasteiger partial charge is 0.326 e. The molecule has 0 aliphatic carbocycles. The predicted octanol–water partition coefficient (Wildman–Crippen LogP) is -3.06. The highest BCUT2D eigenvalue weighted by Gasteiger charge is 2.30. The van der Waals surface area contributed by atoms with E-state index in [1.54, 1.807) is 6.26 Å². The maximum absolute atomic E-state index is 12.5. The van der Waals surface area contributed by atoms with Crippen molar-refractivity contribution in [1.29, 1.82) is 0 Å². The molecule has 0 saturated heterocycles. The van der Waals surface area contributed by atoms with Crippen molar-refractivity contribution in [3.63, 3.8) is 0 Å². The van der Waals surface area contributed by atoms with E-state index in [1.165, 1.54) is 11.8 Å². The molecule has 182 valence electrons. The summed E-state index contributed by atoms with van der Waals surface area (Å²) < 4.78 is 0. The molecule has 4 atom stereocenters. The lowest BCUT2D eigenvalue weighted by Crippen LogP contribution is -2.58. The molecular weight excluding hydrogens is 452 g/mol. The average Bonchev–Trinajstić information content (AvgIpc) is 2.70. The Morgan fingerprint density at radius 2 is 1.34 bits per heavy atom. The average molecular weight is 480 g/mol. The van der Waals surface area contributed by atoms with E-state index >= 15 is 0 Å². The van der Waals surface area contributed by atoms with E-state index < -0.39 is 79.2 Å². The van der Waals surface area contributed by atoms with Crippen LogP contribution in [0.5, 0.6) is 0 Å². The lowest BCUT2D eigenvalue weighted by atomic mass is 10.1. The number of nitrogens with two attached hydrogens (primary N) is 1. The lowest BCUT2D eigenvalue weighted by Gasteiger charge is -2.24. The molecular formula is C17H28N4O10S. The second-order valence-electron chi connectivity index (χ2n) is 6.62. The van der Waals surface area contributed by atoms with Gasteiger partial charge in [0.2, 0.25) is 17.7 Å². The Hall–Kier alpha value is -2.91. The van der Waals surface area contributed by atoms with Crippen LogP contribution in [0, 0.1) is 0 Å². The fraction of sp³-hybridized carbons (Fsp3) is 0.647. The number of aliphatic hydroxyl groups is 1. The van der Waals surface area contributed by atoms with Gasteiger partial charge in [-0.15, -0.1) is 0 Å². The number of carbonyl (C=O) groups excluding carboxylic acids is 3. The number of nitrogens with one attached hydrogen (secondary N) is 3. The SMILES string of the molecule is CSCCC(NC(=O)C(CO)NC(=O)C(N)CC(=O)O)C(=O)NC(CCC(=O)O)C(=O)O. The number of carboxylic acids is 3. The molecule has 0 aromatic heterocycles. The number of carbonyl (C=O) groups is 6. The molecule has 0 heterocycles.